The van der Waals surface area contributed by atoms with E-state index in [0.29, 0.717) is 0 Å². The van der Waals surface area contributed by atoms with E-state index in [1.807, 2.05) is 24.5 Å². The van der Waals surface area contributed by atoms with Gasteiger partial charge < -0.3 is 0 Å². The molecule has 0 aliphatic heterocycles. The Labute approximate surface area is 169 Å². The van der Waals surface area contributed by atoms with Gasteiger partial charge in [-0.15, -0.1) is 0 Å². The Bertz CT molecular complexity index is 1670. The van der Waals surface area contributed by atoms with Crippen LogP contribution in [0.15, 0.2) is 85.2 Å². The van der Waals surface area contributed by atoms with Crippen LogP contribution in [0.3, 0.4) is 0 Å². The van der Waals surface area contributed by atoms with Crippen molar-refractivity contribution in [1.29, 1.82) is 0 Å². The Balaban J connectivity index is 1.96. The molecule has 0 saturated carbocycles. The number of aromatic nitrogens is 4. The summed E-state index contributed by atoms with van der Waals surface area (Å²) in [5.41, 5.74) is 6.72. The molecule has 0 saturated heterocycles. The van der Waals surface area contributed by atoms with Crippen molar-refractivity contribution in [3.63, 3.8) is 0 Å². The van der Waals surface area contributed by atoms with Crippen LogP contribution < -0.4 is 0 Å². The van der Waals surface area contributed by atoms with E-state index in [9.17, 15) is 0 Å². The van der Waals surface area contributed by atoms with Gasteiger partial charge in [-0.2, -0.15) is 0 Å². The van der Waals surface area contributed by atoms with E-state index < -0.39 is 0 Å². The zero-order valence-corrected chi connectivity index (χ0v) is 15.9. The van der Waals surface area contributed by atoms with Crippen molar-refractivity contribution in [2.45, 2.75) is 0 Å². The smallest absolute Gasteiger partial charge is 0.145 e. The predicted octanol–water partition coefficient (Wildman–Crippen LogP) is 6.19. The first-order valence-electron chi connectivity index (χ1n) is 10.1. The van der Waals surface area contributed by atoms with Crippen LogP contribution >= 0.6 is 0 Å². The third-order valence-corrected chi connectivity index (χ3v) is 6.51. The minimum absolute atomic E-state index is 1.00. The van der Waals surface area contributed by atoms with E-state index in [1.165, 1.54) is 43.4 Å². The van der Waals surface area contributed by atoms with Crippen molar-refractivity contribution in [2.75, 3.05) is 0 Å². The van der Waals surface area contributed by atoms with Gasteiger partial charge >= 0.3 is 0 Å². The minimum atomic E-state index is 1.00. The third kappa shape index (κ3) is 1.47. The van der Waals surface area contributed by atoms with E-state index in [0.717, 1.165) is 22.3 Å². The zero-order chi connectivity index (χ0) is 19.4. The average molecular weight is 382 g/mol. The number of hydrogen-bond donors (Lipinski definition) is 0. The second-order valence-corrected chi connectivity index (χ2v) is 7.90. The van der Waals surface area contributed by atoms with E-state index in [1.54, 1.807) is 0 Å². The largest absolute Gasteiger partial charge is 0.290 e. The Hall–Kier alpha value is -4.18. The summed E-state index contributed by atoms with van der Waals surface area (Å²) in [4.78, 5) is 9.65. The highest BCUT2D eigenvalue weighted by molar-refractivity contribution is 6.36. The molecule has 138 valence electrons. The van der Waals surface area contributed by atoms with Crippen LogP contribution in [-0.2, 0) is 0 Å². The predicted molar refractivity (Wildman–Crippen MR) is 123 cm³/mol. The maximum atomic E-state index is 4.82. The highest BCUT2D eigenvalue weighted by atomic mass is 15.1. The quantitative estimate of drug-likeness (QED) is 0.293. The van der Waals surface area contributed by atoms with Crippen LogP contribution in [-0.4, -0.2) is 18.8 Å². The van der Waals surface area contributed by atoms with Crippen LogP contribution in [0.2, 0.25) is 0 Å². The standard InChI is InChI=1S/C26H14N4/c1-2-8-16-15(7-1)21-17-9-5-13-27-25(17)29-19-11-3-4-12-20(19)30-24(23(21)29)22(16)18-10-6-14-28-26(18)30/h1-14H. The molecule has 0 bridgehead atoms. The molecule has 0 unspecified atom stereocenters. The molecular weight excluding hydrogens is 368 g/mol. The molecule has 5 aromatic heterocycles. The van der Waals surface area contributed by atoms with E-state index in [-0.39, 0.29) is 0 Å². The molecule has 4 nitrogen and oxygen atoms in total. The van der Waals surface area contributed by atoms with Crippen molar-refractivity contribution in [3.8, 4) is 0 Å². The molecule has 0 fully saturated rings. The summed E-state index contributed by atoms with van der Waals surface area (Å²) in [5.74, 6) is 0. The molecule has 0 N–H and O–H groups in total. The van der Waals surface area contributed by atoms with Gasteiger partial charge in [0, 0.05) is 33.9 Å². The van der Waals surface area contributed by atoms with Gasteiger partial charge in [0.15, 0.2) is 0 Å². The van der Waals surface area contributed by atoms with Crippen molar-refractivity contribution in [1.82, 2.24) is 18.8 Å². The first kappa shape index (κ1) is 14.8. The van der Waals surface area contributed by atoms with E-state index in [4.69, 9.17) is 9.97 Å². The van der Waals surface area contributed by atoms with Crippen LogP contribution in [0.5, 0.6) is 0 Å². The third-order valence-electron chi connectivity index (χ3n) is 6.51. The molecule has 3 aromatic carbocycles. The summed E-state index contributed by atoms with van der Waals surface area (Å²) < 4.78 is 4.68. The fourth-order valence-corrected chi connectivity index (χ4v) is 5.46. The second kappa shape index (κ2) is 4.86. The van der Waals surface area contributed by atoms with Crippen LogP contribution in [0, 0.1) is 0 Å². The molecule has 0 amide bonds. The van der Waals surface area contributed by atoms with Gasteiger partial charge in [0.1, 0.15) is 11.3 Å². The van der Waals surface area contributed by atoms with Crippen molar-refractivity contribution >= 4 is 65.7 Å². The second-order valence-electron chi connectivity index (χ2n) is 7.90. The maximum Gasteiger partial charge on any atom is 0.145 e. The number of hydrogen-bond acceptors (Lipinski definition) is 2. The Morgan fingerprint density at radius 3 is 1.40 bits per heavy atom. The molecule has 8 rings (SSSR count). The lowest BCUT2D eigenvalue weighted by Gasteiger charge is -2.12. The summed E-state index contributed by atoms with van der Waals surface area (Å²) in [6.45, 7) is 0. The molecule has 0 spiro atoms. The van der Waals surface area contributed by atoms with Gasteiger partial charge in [-0.1, -0.05) is 36.4 Å². The van der Waals surface area contributed by atoms with Gasteiger partial charge in [0.05, 0.1) is 22.1 Å². The average Bonchev–Trinajstić information content (AvgIpc) is 3.34. The van der Waals surface area contributed by atoms with Crippen LogP contribution in [0.25, 0.3) is 65.7 Å². The fourth-order valence-electron chi connectivity index (χ4n) is 5.46. The lowest BCUT2D eigenvalue weighted by atomic mass is 9.99. The molecule has 0 aliphatic carbocycles. The molecular formula is C26H14N4. The first-order valence-corrected chi connectivity index (χ1v) is 10.1. The SMILES string of the molecule is c1ccc2c(c1)c1c3cccnc3n3c4ccccc4n4c5ncccc5c2c4c13. The number of fused-ring (bicyclic) bond motifs is 12. The summed E-state index contributed by atoms with van der Waals surface area (Å²) >= 11 is 0. The summed E-state index contributed by atoms with van der Waals surface area (Å²) in [6, 6.07) is 25.7. The highest BCUT2D eigenvalue weighted by Crippen LogP contribution is 2.45. The zero-order valence-electron chi connectivity index (χ0n) is 15.9. The maximum absolute atomic E-state index is 4.82. The number of pyridine rings is 2. The van der Waals surface area contributed by atoms with Gasteiger partial charge in [-0.05, 0) is 47.2 Å². The number of rotatable bonds is 0. The van der Waals surface area contributed by atoms with Gasteiger partial charge in [-0.25, -0.2) is 9.97 Å². The van der Waals surface area contributed by atoms with Crippen molar-refractivity contribution in [2.24, 2.45) is 0 Å². The summed E-state index contributed by atoms with van der Waals surface area (Å²) in [7, 11) is 0. The number of benzene rings is 3. The summed E-state index contributed by atoms with van der Waals surface area (Å²) in [5, 5.41) is 7.43. The van der Waals surface area contributed by atoms with Crippen molar-refractivity contribution in [3.05, 3.63) is 85.2 Å². The van der Waals surface area contributed by atoms with Gasteiger partial charge in [0.25, 0.3) is 0 Å². The van der Waals surface area contributed by atoms with Crippen molar-refractivity contribution < 1.29 is 0 Å². The lowest BCUT2D eigenvalue weighted by molar-refractivity contribution is 1.19. The molecule has 0 atom stereocenters. The highest BCUT2D eigenvalue weighted by Gasteiger charge is 2.24. The van der Waals surface area contributed by atoms with Crippen LogP contribution in [0.1, 0.15) is 0 Å². The summed E-state index contributed by atoms with van der Waals surface area (Å²) in [6.07, 6.45) is 3.77. The molecule has 0 radical (unpaired) electrons. The van der Waals surface area contributed by atoms with Crippen LogP contribution in [0.4, 0.5) is 0 Å². The number of nitrogens with zero attached hydrogens (tertiary/aromatic N) is 4. The Kier molecular flexibility index (Phi) is 2.39. The van der Waals surface area contributed by atoms with Gasteiger partial charge in [0.2, 0.25) is 0 Å². The molecule has 4 heteroatoms. The monoisotopic (exact) mass is 382 g/mol. The number of para-hydroxylation sites is 2. The molecule has 0 aliphatic rings. The minimum Gasteiger partial charge on any atom is -0.290 e. The normalized spacial score (nSPS) is 12.7. The topological polar surface area (TPSA) is 34.6 Å². The first-order chi connectivity index (χ1) is 14.9. The van der Waals surface area contributed by atoms with Gasteiger partial charge in [-0.3, -0.25) is 8.80 Å². The fraction of sp³-hybridized carbons (Fsp3) is 0. The lowest BCUT2D eigenvalue weighted by Crippen LogP contribution is -1.98. The Morgan fingerprint density at radius 1 is 0.467 bits per heavy atom. The van der Waals surface area contributed by atoms with E-state index in [2.05, 4.69) is 69.5 Å². The molecule has 8 aromatic rings. The Morgan fingerprint density at radius 2 is 0.900 bits per heavy atom. The molecule has 30 heavy (non-hydrogen) atoms. The molecule has 5 heterocycles. The van der Waals surface area contributed by atoms with E-state index >= 15 is 0 Å².